The molecule has 1 fully saturated rings. The first-order valence-electron chi connectivity index (χ1n) is 7.42. The van der Waals surface area contributed by atoms with Gasteiger partial charge in [-0.2, -0.15) is 0 Å². The van der Waals surface area contributed by atoms with E-state index in [4.69, 9.17) is 0 Å². The zero-order chi connectivity index (χ0) is 15.5. The van der Waals surface area contributed by atoms with Gasteiger partial charge in [0.05, 0.1) is 0 Å². The van der Waals surface area contributed by atoms with Crippen LogP contribution in [0.2, 0.25) is 0 Å². The number of carbonyl (C=O) groups excluding carboxylic acids is 1. The summed E-state index contributed by atoms with van der Waals surface area (Å²) in [4.78, 5) is 20.8. The fourth-order valence-corrected chi connectivity index (χ4v) is 3.25. The monoisotopic (exact) mass is 316 g/mol. The summed E-state index contributed by atoms with van der Waals surface area (Å²) in [5.41, 5.74) is 3.20. The van der Waals surface area contributed by atoms with Crippen molar-refractivity contribution in [2.45, 2.75) is 13.8 Å². The molecule has 0 atom stereocenters. The third kappa shape index (κ3) is 3.06. The van der Waals surface area contributed by atoms with E-state index in [9.17, 15) is 4.79 Å². The molecule has 5 nitrogen and oxygen atoms in total. The summed E-state index contributed by atoms with van der Waals surface area (Å²) in [6.45, 7) is 7.18. The largest absolute Gasteiger partial charge is 0.345 e. The van der Waals surface area contributed by atoms with Gasteiger partial charge in [0, 0.05) is 43.4 Å². The minimum absolute atomic E-state index is 0.0208. The molecular weight excluding hydrogens is 296 g/mol. The van der Waals surface area contributed by atoms with Crippen molar-refractivity contribution >= 4 is 28.2 Å². The summed E-state index contributed by atoms with van der Waals surface area (Å²) in [6.07, 6.45) is 1.82. The first-order chi connectivity index (χ1) is 10.6. The predicted octanol–water partition coefficient (Wildman–Crippen LogP) is 3.11. The third-order valence-electron chi connectivity index (χ3n) is 4.10. The summed E-state index contributed by atoms with van der Waals surface area (Å²) in [5, 5.41) is 6.04. The number of piperazine rings is 1. The van der Waals surface area contributed by atoms with Gasteiger partial charge in [0.2, 0.25) is 0 Å². The molecule has 116 valence electrons. The number of rotatable bonds is 2. The molecule has 1 aliphatic rings. The molecule has 1 aromatic heterocycles. The van der Waals surface area contributed by atoms with Gasteiger partial charge in [-0.1, -0.05) is 12.1 Å². The summed E-state index contributed by atoms with van der Waals surface area (Å²) in [7, 11) is 0. The van der Waals surface area contributed by atoms with Crippen LogP contribution in [0.1, 0.15) is 11.1 Å². The molecule has 2 amide bonds. The number of amides is 2. The molecule has 0 spiro atoms. The molecule has 1 aliphatic heterocycles. The number of aryl methyl sites for hydroxylation is 1. The Kier molecular flexibility index (Phi) is 4.29. The molecule has 3 rings (SSSR count). The summed E-state index contributed by atoms with van der Waals surface area (Å²) < 4.78 is 0. The van der Waals surface area contributed by atoms with E-state index in [1.165, 1.54) is 5.56 Å². The van der Waals surface area contributed by atoms with Crippen molar-refractivity contribution in [2.24, 2.45) is 0 Å². The molecule has 0 aliphatic carbocycles. The van der Waals surface area contributed by atoms with Crippen LogP contribution in [0, 0.1) is 13.8 Å². The molecule has 22 heavy (non-hydrogen) atoms. The molecule has 0 radical (unpaired) electrons. The van der Waals surface area contributed by atoms with Gasteiger partial charge in [0.1, 0.15) is 0 Å². The lowest BCUT2D eigenvalue weighted by molar-refractivity contribution is 0.208. The van der Waals surface area contributed by atoms with Gasteiger partial charge >= 0.3 is 6.03 Å². The van der Waals surface area contributed by atoms with Gasteiger partial charge in [-0.25, -0.2) is 9.78 Å². The second kappa shape index (κ2) is 6.36. The summed E-state index contributed by atoms with van der Waals surface area (Å²) >= 11 is 1.64. The Hall–Kier alpha value is -2.08. The third-order valence-corrected chi connectivity index (χ3v) is 4.94. The van der Waals surface area contributed by atoms with Crippen molar-refractivity contribution in [3.05, 3.63) is 40.9 Å². The number of hydrogen-bond acceptors (Lipinski definition) is 4. The molecule has 0 bridgehead atoms. The molecule has 1 saturated heterocycles. The average Bonchev–Trinajstić information content (AvgIpc) is 3.06. The molecule has 2 heterocycles. The minimum Gasteiger partial charge on any atom is -0.345 e. The number of benzene rings is 1. The molecule has 2 aromatic rings. The van der Waals surface area contributed by atoms with Crippen LogP contribution in [0.25, 0.3) is 0 Å². The Labute approximate surface area is 134 Å². The van der Waals surface area contributed by atoms with Crippen LogP contribution in [0.15, 0.2) is 29.8 Å². The van der Waals surface area contributed by atoms with Crippen molar-refractivity contribution in [2.75, 3.05) is 36.4 Å². The summed E-state index contributed by atoms with van der Waals surface area (Å²) in [5.74, 6) is 0. The quantitative estimate of drug-likeness (QED) is 0.926. The lowest BCUT2D eigenvalue weighted by atomic mass is 10.1. The van der Waals surface area contributed by atoms with E-state index in [2.05, 4.69) is 28.2 Å². The maximum Gasteiger partial charge on any atom is 0.321 e. The number of urea groups is 1. The Bertz CT molecular complexity index is 648. The van der Waals surface area contributed by atoms with E-state index in [0.717, 1.165) is 42.6 Å². The van der Waals surface area contributed by atoms with Gasteiger partial charge in [0.25, 0.3) is 0 Å². The molecule has 1 aromatic carbocycles. The fraction of sp³-hybridized carbons (Fsp3) is 0.375. The normalized spacial score (nSPS) is 15.0. The maximum absolute atomic E-state index is 12.4. The van der Waals surface area contributed by atoms with E-state index in [-0.39, 0.29) is 6.03 Å². The van der Waals surface area contributed by atoms with E-state index in [0.29, 0.717) is 0 Å². The highest BCUT2D eigenvalue weighted by atomic mass is 32.1. The zero-order valence-electron chi connectivity index (χ0n) is 12.9. The second-order valence-corrected chi connectivity index (χ2v) is 6.34. The van der Waals surface area contributed by atoms with Gasteiger partial charge in [-0.05, 0) is 31.0 Å². The van der Waals surface area contributed by atoms with Crippen LogP contribution in [0.3, 0.4) is 0 Å². The molecule has 1 N–H and O–H groups in total. The van der Waals surface area contributed by atoms with Crippen molar-refractivity contribution in [3.63, 3.8) is 0 Å². The Morgan fingerprint density at radius 3 is 2.68 bits per heavy atom. The number of aromatic nitrogens is 1. The first-order valence-corrected chi connectivity index (χ1v) is 8.29. The van der Waals surface area contributed by atoms with Crippen molar-refractivity contribution in [3.8, 4) is 0 Å². The van der Waals surface area contributed by atoms with Crippen LogP contribution in [0.5, 0.6) is 0 Å². The Morgan fingerprint density at radius 2 is 2.00 bits per heavy atom. The van der Waals surface area contributed by atoms with Gasteiger partial charge in [0.15, 0.2) is 5.13 Å². The predicted molar refractivity (Wildman–Crippen MR) is 90.8 cm³/mol. The van der Waals surface area contributed by atoms with E-state index in [1.807, 2.05) is 35.5 Å². The SMILES string of the molecule is Cc1cccc(NC(=O)N2CCN(c3nccs3)CC2)c1C. The van der Waals surface area contributed by atoms with Crippen LogP contribution in [0.4, 0.5) is 15.6 Å². The Morgan fingerprint density at radius 1 is 1.23 bits per heavy atom. The van der Waals surface area contributed by atoms with Crippen LogP contribution < -0.4 is 10.2 Å². The maximum atomic E-state index is 12.4. The number of thiazole rings is 1. The van der Waals surface area contributed by atoms with Crippen LogP contribution in [-0.2, 0) is 0 Å². The minimum atomic E-state index is -0.0208. The highest BCUT2D eigenvalue weighted by molar-refractivity contribution is 7.13. The van der Waals surface area contributed by atoms with Gasteiger partial charge in [-0.3, -0.25) is 0 Å². The lowest BCUT2D eigenvalue weighted by Gasteiger charge is -2.34. The highest BCUT2D eigenvalue weighted by Gasteiger charge is 2.22. The number of anilines is 2. The van der Waals surface area contributed by atoms with E-state index >= 15 is 0 Å². The second-order valence-electron chi connectivity index (χ2n) is 5.47. The highest BCUT2D eigenvalue weighted by Crippen LogP contribution is 2.21. The van der Waals surface area contributed by atoms with Crippen molar-refractivity contribution in [1.29, 1.82) is 0 Å². The number of nitrogens with one attached hydrogen (secondary N) is 1. The standard InChI is InChI=1S/C16H20N4OS/c1-12-4-3-5-14(13(12)2)18-15(21)19-7-9-20(10-8-19)16-17-6-11-22-16/h3-6,11H,7-10H2,1-2H3,(H,18,21). The number of nitrogens with zero attached hydrogens (tertiary/aromatic N) is 3. The van der Waals surface area contributed by atoms with E-state index < -0.39 is 0 Å². The first kappa shape index (κ1) is 14.8. The smallest absolute Gasteiger partial charge is 0.321 e. The van der Waals surface area contributed by atoms with Crippen LogP contribution in [-0.4, -0.2) is 42.1 Å². The summed E-state index contributed by atoms with van der Waals surface area (Å²) in [6, 6.07) is 5.95. The van der Waals surface area contributed by atoms with Crippen molar-refractivity contribution < 1.29 is 4.79 Å². The molecular formula is C16H20N4OS. The van der Waals surface area contributed by atoms with E-state index in [1.54, 1.807) is 11.3 Å². The fourth-order valence-electron chi connectivity index (χ4n) is 2.55. The molecule has 0 unspecified atom stereocenters. The topological polar surface area (TPSA) is 48.5 Å². The number of hydrogen-bond donors (Lipinski definition) is 1. The lowest BCUT2D eigenvalue weighted by Crippen LogP contribution is -2.50. The zero-order valence-corrected chi connectivity index (χ0v) is 13.7. The Balaban J connectivity index is 1.59. The number of carbonyl (C=O) groups is 1. The van der Waals surface area contributed by atoms with Gasteiger partial charge in [-0.15, -0.1) is 11.3 Å². The average molecular weight is 316 g/mol. The van der Waals surface area contributed by atoms with Crippen molar-refractivity contribution in [1.82, 2.24) is 9.88 Å². The molecule has 6 heteroatoms. The molecule has 0 saturated carbocycles. The van der Waals surface area contributed by atoms with Gasteiger partial charge < -0.3 is 15.1 Å². The van der Waals surface area contributed by atoms with Crippen LogP contribution >= 0.6 is 11.3 Å².